The normalized spacial score (nSPS) is 17.6. The third kappa shape index (κ3) is 6.06. The van der Waals surface area contributed by atoms with E-state index in [4.69, 9.17) is 14.2 Å². The summed E-state index contributed by atoms with van der Waals surface area (Å²) in [7, 11) is 2.98. The third-order valence-corrected chi connectivity index (χ3v) is 5.74. The van der Waals surface area contributed by atoms with E-state index in [0.717, 1.165) is 21.3 Å². The number of hydrogen-bond donors (Lipinski definition) is 1. The molecule has 8 heteroatoms. The maximum absolute atomic E-state index is 13.1. The highest BCUT2D eigenvalue weighted by molar-refractivity contribution is 9.10. The van der Waals surface area contributed by atoms with Gasteiger partial charge in [0, 0.05) is 17.6 Å². The van der Waals surface area contributed by atoms with E-state index >= 15 is 0 Å². The molecule has 0 aliphatic carbocycles. The van der Waals surface area contributed by atoms with Crippen LogP contribution >= 0.6 is 15.9 Å². The second kappa shape index (κ2) is 10.7. The Morgan fingerprint density at radius 3 is 2.65 bits per heavy atom. The molecule has 166 valence electrons. The number of esters is 1. The van der Waals surface area contributed by atoms with Gasteiger partial charge in [0.1, 0.15) is 11.8 Å². The van der Waals surface area contributed by atoms with Gasteiger partial charge in [-0.15, -0.1) is 0 Å². The number of carbonyl (C=O) groups is 2. The monoisotopic (exact) mass is 490 g/mol. The summed E-state index contributed by atoms with van der Waals surface area (Å²) in [6.45, 7) is 4.11. The predicted molar refractivity (Wildman–Crippen MR) is 120 cm³/mol. The SMILES string of the molecule is COC(=O)c1ccc([C@H](C)NC(=O)[C@H]2COCCN2Cc2cc(Br)cc(OC)c2)cc1. The average Bonchev–Trinajstić information content (AvgIpc) is 2.78. The number of hydrogen-bond acceptors (Lipinski definition) is 6. The molecule has 7 nitrogen and oxygen atoms in total. The second-order valence-electron chi connectivity index (χ2n) is 7.40. The molecule has 0 spiro atoms. The van der Waals surface area contributed by atoms with Gasteiger partial charge in [-0.2, -0.15) is 0 Å². The smallest absolute Gasteiger partial charge is 0.337 e. The van der Waals surface area contributed by atoms with E-state index in [2.05, 4.69) is 26.1 Å². The largest absolute Gasteiger partial charge is 0.497 e. The number of nitrogens with zero attached hydrogens (tertiary/aromatic N) is 1. The Morgan fingerprint density at radius 2 is 1.97 bits per heavy atom. The quantitative estimate of drug-likeness (QED) is 0.599. The summed E-state index contributed by atoms with van der Waals surface area (Å²) in [5, 5.41) is 3.07. The molecular weight excluding hydrogens is 464 g/mol. The third-order valence-electron chi connectivity index (χ3n) is 5.28. The van der Waals surface area contributed by atoms with Gasteiger partial charge in [0.15, 0.2) is 0 Å². The Balaban J connectivity index is 1.67. The van der Waals surface area contributed by atoms with E-state index in [-0.39, 0.29) is 17.9 Å². The lowest BCUT2D eigenvalue weighted by atomic mass is 10.1. The van der Waals surface area contributed by atoms with Gasteiger partial charge >= 0.3 is 5.97 Å². The van der Waals surface area contributed by atoms with Crippen molar-refractivity contribution in [3.05, 3.63) is 63.6 Å². The zero-order chi connectivity index (χ0) is 22.4. The first kappa shape index (κ1) is 23.2. The molecular formula is C23H27BrN2O5. The number of carbonyl (C=O) groups excluding carboxylic acids is 2. The second-order valence-corrected chi connectivity index (χ2v) is 8.32. The maximum atomic E-state index is 13.1. The van der Waals surface area contributed by atoms with Crippen LogP contribution in [0.15, 0.2) is 46.9 Å². The van der Waals surface area contributed by atoms with Crippen LogP contribution in [0.3, 0.4) is 0 Å². The zero-order valence-electron chi connectivity index (χ0n) is 17.9. The van der Waals surface area contributed by atoms with Crippen molar-refractivity contribution in [3.8, 4) is 5.75 Å². The van der Waals surface area contributed by atoms with Crippen molar-refractivity contribution >= 4 is 27.8 Å². The van der Waals surface area contributed by atoms with Gasteiger partial charge in [-0.1, -0.05) is 28.1 Å². The number of morpholine rings is 1. The molecule has 1 heterocycles. The Morgan fingerprint density at radius 1 is 1.23 bits per heavy atom. The molecule has 1 amide bonds. The van der Waals surface area contributed by atoms with Crippen molar-refractivity contribution < 1.29 is 23.8 Å². The van der Waals surface area contributed by atoms with Crippen molar-refractivity contribution in [1.29, 1.82) is 0 Å². The van der Waals surface area contributed by atoms with Crippen LogP contribution < -0.4 is 10.1 Å². The predicted octanol–water partition coefficient (Wildman–Crippen LogP) is 3.32. The van der Waals surface area contributed by atoms with Crippen LogP contribution in [0, 0.1) is 0 Å². The summed E-state index contributed by atoms with van der Waals surface area (Å²) < 4.78 is 16.6. The minimum atomic E-state index is -0.393. The summed E-state index contributed by atoms with van der Waals surface area (Å²) in [5.41, 5.74) is 2.43. The summed E-state index contributed by atoms with van der Waals surface area (Å²) in [5.74, 6) is 0.288. The highest BCUT2D eigenvalue weighted by Gasteiger charge is 2.30. The number of ether oxygens (including phenoxy) is 3. The fraction of sp³-hybridized carbons (Fsp3) is 0.391. The number of halogens is 1. The van der Waals surface area contributed by atoms with Gasteiger partial charge in [-0.3, -0.25) is 9.69 Å². The summed E-state index contributed by atoms with van der Waals surface area (Å²) in [4.78, 5) is 26.8. The molecule has 0 saturated carbocycles. The molecule has 1 aliphatic rings. The summed E-state index contributed by atoms with van der Waals surface area (Å²) >= 11 is 3.51. The summed E-state index contributed by atoms with van der Waals surface area (Å²) in [6, 6.07) is 12.3. The molecule has 2 atom stereocenters. The first-order valence-corrected chi connectivity index (χ1v) is 10.8. The molecule has 2 aromatic carbocycles. The number of rotatable bonds is 7. The molecule has 0 bridgehead atoms. The number of amides is 1. The lowest BCUT2D eigenvalue weighted by Crippen LogP contribution is -2.53. The Labute approximate surface area is 190 Å². The van der Waals surface area contributed by atoms with E-state index in [9.17, 15) is 9.59 Å². The van der Waals surface area contributed by atoms with Crippen molar-refractivity contribution in [3.63, 3.8) is 0 Å². The van der Waals surface area contributed by atoms with Crippen molar-refractivity contribution in [2.45, 2.75) is 25.6 Å². The molecule has 2 aromatic rings. The molecule has 3 rings (SSSR count). The van der Waals surface area contributed by atoms with Crippen LogP contribution in [0.2, 0.25) is 0 Å². The van der Waals surface area contributed by atoms with Crippen LogP contribution in [0.25, 0.3) is 0 Å². The molecule has 1 aliphatic heterocycles. The molecule has 0 aromatic heterocycles. The van der Waals surface area contributed by atoms with E-state index < -0.39 is 6.04 Å². The molecule has 0 unspecified atom stereocenters. The average molecular weight is 491 g/mol. The van der Waals surface area contributed by atoms with Gasteiger partial charge in [0.25, 0.3) is 0 Å². The molecule has 31 heavy (non-hydrogen) atoms. The standard InChI is InChI=1S/C23H27BrN2O5/c1-15(17-4-6-18(7-5-17)23(28)30-3)25-22(27)21-14-31-9-8-26(21)13-16-10-19(24)12-20(11-16)29-2/h4-7,10-12,15,21H,8-9,13-14H2,1-3H3,(H,25,27)/t15-,21+/m0/s1. The Hall–Kier alpha value is -2.42. The highest BCUT2D eigenvalue weighted by atomic mass is 79.9. The van der Waals surface area contributed by atoms with Crippen LogP contribution in [0.4, 0.5) is 0 Å². The highest BCUT2D eigenvalue weighted by Crippen LogP contribution is 2.24. The number of benzene rings is 2. The van der Waals surface area contributed by atoms with Crippen LogP contribution in [-0.2, 0) is 20.8 Å². The van der Waals surface area contributed by atoms with Crippen molar-refractivity contribution in [2.24, 2.45) is 0 Å². The van der Waals surface area contributed by atoms with E-state index in [1.807, 2.05) is 37.3 Å². The maximum Gasteiger partial charge on any atom is 0.337 e. The fourth-order valence-electron chi connectivity index (χ4n) is 3.55. The van der Waals surface area contributed by atoms with E-state index in [0.29, 0.717) is 31.9 Å². The zero-order valence-corrected chi connectivity index (χ0v) is 19.5. The minimum absolute atomic E-state index is 0.0915. The van der Waals surface area contributed by atoms with Crippen LogP contribution in [0.5, 0.6) is 5.75 Å². The van der Waals surface area contributed by atoms with E-state index in [1.54, 1.807) is 19.2 Å². The van der Waals surface area contributed by atoms with Crippen LogP contribution in [-0.4, -0.2) is 56.8 Å². The number of methoxy groups -OCH3 is 2. The topological polar surface area (TPSA) is 77.1 Å². The van der Waals surface area contributed by atoms with Crippen LogP contribution in [0.1, 0.15) is 34.5 Å². The molecule has 1 saturated heterocycles. The lowest BCUT2D eigenvalue weighted by Gasteiger charge is -2.35. The fourth-order valence-corrected chi connectivity index (χ4v) is 4.07. The van der Waals surface area contributed by atoms with Gasteiger partial charge < -0.3 is 19.5 Å². The molecule has 1 N–H and O–H groups in total. The first-order chi connectivity index (χ1) is 14.9. The van der Waals surface area contributed by atoms with Gasteiger partial charge in [-0.25, -0.2) is 4.79 Å². The molecule has 0 radical (unpaired) electrons. The molecule has 1 fully saturated rings. The van der Waals surface area contributed by atoms with Gasteiger partial charge in [0.05, 0.1) is 39.0 Å². The van der Waals surface area contributed by atoms with E-state index in [1.165, 1.54) is 7.11 Å². The van der Waals surface area contributed by atoms with Gasteiger partial charge in [0.2, 0.25) is 5.91 Å². The van der Waals surface area contributed by atoms with Gasteiger partial charge in [-0.05, 0) is 48.4 Å². The lowest BCUT2D eigenvalue weighted by molar-refractivity contribution is -0.133. The van der Waals surface area contributed by atoms with Crippen molar-refractivity contribution in [2.75, 3.05) is 34.0 Å². The minimum Gasteiger partial charge on any atom is -0.497 e. The number of nitrogens with one attached hydrogen (secondary N) is 1. The summed E-state index contributed by atoms with van der Waals surface area (Å²) in [6.07, 6.45) is 0. The Kier molecular flexibility index (Phi) is 8.06. The van der Waals surface area contributed by atoms with Crippen molar-refractivity contribution in [1.82, 2.24) is 10.2 Å². The first-order valence-electron chi connectivity index (χ1n) is 10.0. The Bertz CT molecular complexity index is 919.